The first kappa shape index (κ1) is 22.6. The monoisotopic (exact) mass is 432 g/mol. The van der Waals surface area contributed by atoms with Crippen LogP contribution in [0.2, 0.25) is 0 Å². The summed E-state index contributed by atoms with van der Waals surface area (Å²) in [6.45, 7) is 2.81. The van der Waals surface area contributed by atoms with Crippen LogP contribution in [0.15, 0.2) is 48.5 Å². The minimum Gasteiger partial charge on any atom is -0.379 e. The Labute approximate surface area is 170 Å². The maximum absolute atomic E-state index is 13.0. The number of nitrogens with zero attached hydrogens (tertiary/aromatic N) is 1. The van der Waals surface area contributed by atoms with Crippen molar-refractivity contribution >= 4 is 0 Å². The topological polar surface area (TPSA) is 24.5 Å². The van der Waals surface area contributed by atoms with E-state index in [-0.39, 0.29) is 24.2 Å². The second-order valence-electron chi connectivity index (χ2n) is 7.12. The third-order valence-corrected chi connectivity index (χ3v) is 4.99. The number of morpholine rings is 1. The zero-order valence-electron chi connectivity index (χ0n) is 16.1. The van der Waals surface area contributed by atoms with Crippen molar-refractivity contribution in [2.24, 2.45) is 0 Å². The molecule has 1 fully saturated rings. The third kappa shape index (κ3) is 5.96. The molecule has 0 saturated carbocycles. The fraction of sp³-hybridized carbons (Fsp3) is 0.429. The molecule has 3 nitrogen and oxygen atoms in total. The number of halogens is 6. The summed E-state index contributed by atoms with van der Waals surface area (Å²) in [4.78, 5) is 2.19. The number of nitrogens with one attached hydrogen (secondary N) is 1. The van der Waals surface area contributed by atoms with Crippen LogP contribution in [0.3, 0.4) is 0 Å². The Morgan fingerprint density at radius 1 is 0.867 bits per heavy atom. The second kappa shape index (κ2) is 9.36. The number of hydrogen-bond acceptors (Lipinski definition) is 3. The SMILES string of the molecule is FC(F)(F)c1cc(CNCC(c2ccccc2)N2CCOCC2)cc(C(F)(F)F)c1. The van der Waals surface area contributed by atoms with Gasteiger partial charge in [0.25, 0.3) is 0 Å². The summed E-state index contributed by atoms with van der Waals surface area (Å²) in [5.41, 5.74) is -1.65. The van der Waals surface area contributed by atoms with Crippen LogP contribution in [0.25, 0.3) is 0 Å². The summed E-state index contributed by atoms with van der Waals surface area (Å²) in [5, 5.41) is 3.04. The van der Waals surface area contributed by atoms with Crippen LogP contribution in [-0.4, -0.2) is 37.7 Å². The van der Waals surface area contributed by atoms with Crippen LogP contribution >= 0.6 is 0 Å². The highest BCUT2D eigenvalue weighted by molar-refractivity contribution is 5.33. The van der Waals surface area contributed by atoms with Gasteiger partial charge in [-0.1, -0.05) is 30.3 Å². The molecule has 1 heterocycles. The Bertz CT molecular complexity index is 784. The van der Waals surface area contributed by atoms with Gasteiger partial charge in [0.05, 0.1) is 24.3 Å². The average molecular weight is 432 g/mol. The maximum Gasteiger partial charge on any atom is 0.416 e. The van der Waals surface area contributed by atoms with Gasteiger partial charge < -0.3 is 10.1 Å². The summed E-state index contributed by atoms with van der Waals surface area (Å²) in [6, 6.07) is 11.2. The molecular formula is C21H22F6N2O. The van der Waals surface area contributed by atoms with Crippen molar-refractivity contribution in [3.63, 3.8) is 0 Å². The van der Waals surface area contributed by atoms with Crippen LogP contribution in [0.4, 0.5) is 26.3 Å². The Kier molecular flexibility index (Phi) is 7.05. The van der Waals surface area contributed by atoms with Gasteiger partial charge in [-0.05, 0) is 29.3 Å². The van der Waals surface area contributed by atoms with E-state index in [2.05, 4.69) is 10.2 Å². The molecule has 0 aromatic heterocycles. The smallest absolute Gasteiger partial charge is 0.379 e. The second-order valence-corrected chi connectivity index (χ2v) is 7.12. The number of rotatable bonds is 6. The Balaban J connectivity index is 1.76. The highest BCUT2D eigenvalue weighted by Crippen LogP contribution is 2.36. The Hall–Kier alpha value is -2.10. The maximum atomic E-state index is 13.0. The number of ether oxygens (including phenoxy) is 1. The van der Waals surface area contributed by atoms with Crippen molar-refractivity contribution in [2.45, 2.75) is 24.9 Å². The summed E-state index contributed by atoms with van der Waals surface area (Å²) >= 11 is 0. The number of hydrogen-bond donors (Lipinski definition) is 1. The van der Waals surface area contributed by atoms with E-state index in [9.17, 15) is 26.3 Å². The van der Waals surface area contributed by atoms with Crippen molar-refractivity contribution in [3.05, 3.63) is 70.8 Å². The standard InChI is InChI=1S/C21H22F6N2O/c22-20(23,24)17-10-15(11-18(12-17)21(25,26)27)13-28-14-19(16-4-2-1-3-5-16)29-6-8-30-9-7-29/h1-5,10-12,19,28H,6-9,13-14H2. The van der Waals surface area contributed by atoms with E-state index in [1.807, 2.05) is 30.3 Å². The van der Waals surface area contributed by atoms with Gasteiger partial charge in [0.15, 0.2) is 0 Å². The molecule has 1 atom stereocenters. The quantitative estimate of drug-likeness (QED) is 0.658. The zero-order chi connectivity index (χ0) is 21.8. The van der Waals surface area contributed by atoms with E-state index in [1.54, 1.807) is 0 Å². The lowest BCUT2D eigenvalue weighted by Gasteiger charge is -2.35. The molecule has 9 heteroatoms. The zero-order valence-corrected chi connectivity index (χ0v) is 16.1. The van der Waals surface area contributed by atoms with Gasteiger partial charge in [-0.2, -0.15) is 26.3 Å². The van der Waals surface area contributed by atoms with Crippen LogP contribution in [-0.2, 0) is 23.6 Å². The summed E-state index contributed by atoms with van der Waals surface area (Å²) in [6.07, 6.45) is -9.70. The minimum absolute atomic E-state index is 0.0639. The average Bonchev–Trinajstić information content (AvgIpc) is 2.71. The highest BCUT2D eigenvalue weighted by Gasteiger charge is 2.36. The van der Waals surface area contributed by atoms with Crippen LogP contribution in [0.5, 0.6) is 0 Å². The van der Waals surface area contributed by atoms with Gasteiger partial charge in [-0.25, -0.2) is 0 Å². The highest BCUT2D eigenvalue weighted by atomic mass is 19.4. The first-order valence-corrected chi connectivity index (χ1v) is 9.50. The molecular weight excluding hydrogens is 410 g/mol. The number of benzene rings is 2. The molecule has 0 bridgehead atoms. The molecule has 3 rings (SSSR count). The predicted octanol–water partition coefficient (Wildman–Crippen LogP) is 4.89. The molecule has 1 N–H and O–H groups in total. The Morgan fingerprint density at radius 3 is 1.97 bits per heavy atom. The van der Waals surface area contributed by atoms with E-state index in [0.717, 1.165) is 17.7 Å². The van der Waals surface area contributed by atoms with Crippen molar-refractivity contribution in [3.8, 4) is 0 Å². The summed E-state index contributed by atoms with van der Waals surface area (Å²) in [7, 11) is 0. The third-order valence-electron chi connectivity index (χ3n) is 4.99. The molecule has 1 aliphatic heterocycles. The van der Waals surface area contributed by atoms with E-state index in [4.69, 9.17) is 4.74 Å². The lowest BCUT2D eigenvalue weighted by atomic mass is 10.0. The first-order chi connectivity index (χ1) is 14.1. The van der Waals surface area contributed by atoms with Crippen molar-refractivity contribution in [1.82, 2.24) is 10.2 Å². The fourth-order valence-electron chi connectivity index (χ4n) is 3.50. The minimum atomic E-state index is -4.85. The van der Waals surface area contributed by atoms with Crippen molar-refractivity contribution in [2.75, 3.05) is 32.8 Å². The summed E-state index contributed by atoms with van der Waals surface area (Å²) in [5.74, 6) is 0. The van der Waals surface area contributed by atoms with Gasteiger partial charge >= 0.3 is 12.4 Å². The predicted molar refractivity (Wildman–Crippen MR) is 99.7 cm³/mol. The molecule has 2 aromatic rings. The largest absolute Gasteiger partial charge is 0.416 e. The van der Waals surface area contributed by atoms with Gasteiger partial charge in [-0.15, -0.1) is 0 Å². The Morgan fingerprint density at radius 2 is 1.43 bits per heavy atom. The van der Waals surface area contributed by atoms with Gasteiger partial charge in [-0.3, -0.25) is 4.90 Å². The van der Waals surface area contributed by atoms with Crippen LogP contribution < -0.4 is 5.32 Å². The van der Waals surface area contributed by atoms with E-state index in [0.29, 0.717) is 32.8 Å². The van der Waals surface area contributed by atoms with Crippen molar-refractivity contribution in [1.29, 1.82) is 0 Å². The summed E-state index contributed by atoms with van der Waals surface area (Å²) < 4.78 is 83.6. The molecule has 1 aliphatic rings. The molecule has 0 spiro atoms. The van der Waals surface area contributed by atoms with Crippen LogP contribution in [0.1, 0.15) is 28.3 Å². The molecule has 1 unspecified atom stereocenters. The molecule has 1 saturated heterocycles. The van der Waals surface area contributed by atoms with E-state index >= 15 is 0 Å². The lowest BCUT2D eigenvalue weighted by Crippen LogP contribution is -2.42. The first-order valence-electron chi connectivity index (χ1n) is 9.50. The molecule has 30 heavy (non-hydrogen) atoms. The van der Waals surface area contributed by atoms with Crippen molar-refractivity contribution < 1.29 is 31.1 Å². The molecule has 0 radical (unpaired) electrons. The van der Waals surface area contributed by atoms with E-state index in [1.165, 1.54) is 0 Å². The number of alkyl halides is 6. The molecule has 0 aliphatic carbocycles. The van der Waals surface area contributed by atoms with Crippen LogP contribution in [0, 0.1) is 0 Å². The molecule has 2 aromatic carbocycles. The molecule has 0 amide bonds. The van der Waals surface area contributed by atoms with Gasteiger partial charge in [0.2, 0.25) is 0 Å². The molecule has 164 valence electrons. The van der Waals surface area contributed by atoms with E-state index < -0.39 is 23.5 Å². The fourth-order valence-corrected chi connectivity index (χ4v) is 3.50. The lowest BCUT2D eigenvalue weighted by molar-refractivity contribution is -0.143. The van der Waals surface area contributed by atoms with Gasteiger partial charge in [0.1, 0.15) is 0 Å². The van der Waals surface area contributed by atoms with Gasteiger partial charge in [0, 0.05) is 32.2 Å². The normalized spacial score (nSPS) is 17.1.